The van der Waals surface area contributed by atoms with E-state index in [-0.39, 0.29) is 17.8 Å². The van der Waals surface area contributed by atoms with E-state index >= 15 is 0 Å². The fourth-order valence-electron chi connectivity index (χ4n) is 1.83. The van der Waals surface area contributed by atoms with Crippen LogP contribution < -0.4 is 11.1 Å². The van der Waals surface area contributed by atoms with Crippen molar-refractivity contribution in [1.29, 1.82) is 0 Å². The molecule has 1 aromatic rings. The molecule has 0 radical (unpaired) electrons. The first-order valence-corrected chi connectivity index (χ1v) is 5.61. The van der Waals surface area contributed by atoms with E-state index in [1.54, 1.807) is 0 Å². The van der Waals surface area contributed by atoms with Crippen molar-refractivity contribution < 1.29 is 13.9 Å². The lowest BCUT2D eigenvalue weighted by Gasteiger charge is -2.12. The number of nitrogens with two attached hydrogens (primary N) is 1. The van der Waals surface area contributed by atoms with Crippen LogP contribution in [0.15, 0.2) is 24.3 Å². The lowest BCUT2D eigenvalue weighted by Crippen LogP contribution is -2.29. The summed E-state index contributed by atoms with van der Waals surface area (Å²) in [5, 5.41) is 2.68. The Morgan fingerprint density at radius 3 is 2.71 bits per heavy atom. The SMILES string of the molecule is NC[C@H]1CC[C@@H](C(=O)Nc2ccc(F)cc2)O1. The van der Waals surface area contributed by atoms with Crippen molar-refractivity contribution in [3.63, 3.8) is 0 Å². The van der Waals surface area contributed by atoms with Gasteiger partial charge in [-0.1, -0.05) is 0 Å². The summed E-state index contributed by atoms with van der Waals surface area (Å²) in [5.41, 5.74) is 6.03. The molecule has 1 fully saturated rings. The van der Waals surface area contributed by atoms with Gasteiger partial charge in [-0.25, -0.2) is 4.39 Å². The van der Waals surface area contributed by atoms with Crippen LogP contribution in [0.3, 0.4) is 0 Å². The molecule has 0 saturated carbocycles. The molecular weight excluding hydrogens is 223 g/mol. The van der Waals surface area contributed by atoms with Crippen molar-refractivity contribution in [1.82, 2.24) is 0 Å². The lowest BCUT2D eigenvalue weighted by molar-refractivity contribution is -0.126. The molecular formula is C12H15FN2O2. The van der Waals surface area contributed by atoms with E-state index in [4.69, 9.17) is 10.5 Å². The molecule has 1 aliphatic rings. The minimum absolute atomic E-state index is 0.0287. The molecule has 17 heavy (non-hydrogen) atoms. The Balaban J connectivity index is 1.91. The van der Waals surface area contributed by atoms with Crippen LogP contribution >= 0.6 is 0 Å². The molecule has 1 aliphatic heterocycles. The van der Waals surface area contributed by atoms with Crippen LogP contribution in [-0.2, 0) is 9.53 Å². The largest absolute Gasteiger partial charge is 0.364 e. The van der Waals surface area contributed by atoms with E-state index in [0.29, 0.717) is 18.7 Å². The van der Waals surface area contributed by atoms with E-state index in [1.807, 2.05) is 0 Å². The fraction of sp³-hybridized carbons (Fsp3) is 0.417. The third kappa shape index (κ3) is 3.01. The molecule has 92 valence electrons. The lowest BCUT2D eigenvalue weighted by atomic mass is 10.2. The predicted molar refractivity (Wildman–Crippen MR) is 62.0 cm³/mol. The van der Waals surface area contributed by atoms with Crippen LogP contribution in [0.2, 0.25) is 0 Å². The maximum absolute atomic E-state index is 12.7. The Morgan fingerprint density at radius 2 is 2.12 bits per heavy atom. The number of rotatable bonds is 3. The number of anilines is 1. The van der Waals surface area contributed by atoms with Crippen LogP contribution in [-0.4, -0.2) is 24.7 Å². The highest BCUT2D eigenvalue weighted by atomic mass is 19.1. The minimum Gasteiger partial charge on any atom is -0.364 e. The summed E-state index contributed by atoms with van der Waals surface area (Å²) < 4.78 is 18.1. The Kier molecular flexibility index (Phi) is 3.71. The number of carbonyl (C=O) groups is 1. The molecule has 0 aliphatic carbocycles. The van der Waals surface area contributed by atoms with Crippen molar-refractivity contribution in [3.8, 4) is 0 Å². The van der Waals surface area contributed by atoms with Gasteiger partial charge in [0.05, 0.1) is 6.10 Å². The van der Waals surface area contributed by atoms with Crippen molar-refractivity contribution in [2.75, 3.05) is 11.9 Å². The molecule has 0 aromatic heterocycles. The van der Waals surface area contributed by atoms with Crippen LogP contribution in [0.4, 0.5) is 10.1 Å². The molecule has 5 heteroatoms. The summed E-state index contributed by atoms with van der Waals surface area (Å²) in [6.07, 6.45) is 1.000. The Morgan fingerprint density at radius 1 is 1.41 bits per heavy atom. The molecule has 1 saturated heterocycles. The second kappa shape index (κ2) is 5.25. The van der Waals surface area contributed by atoms with E-state index in [2.05, 4.69) is 5.32 Å². The van der Waals surface area contributed by atoms with Crippen molar-refractivity contribution >= 4 is 11.6 Å². The number of hydrogen-bond donors (Lipinski definition) is 2. The Bertz CT molecular complexity index is 394. The maximum atomic E-state index is 12.7. The standard InChI is InChI=1S/C12H15FN2O2/c13-8-1-3-9(4-2-8)15-12(16)11-6-5-10(7-14)17-11/h1-4,10-11H,5-7,14H2,(H,15,16)/t10-,11+/m1/s1. The Hall–Kier alpha value is -1.46. The van der Waals surface area contributed by atoms with Gasteiger partial charge < -0.3 is 15.8 Å². The maximum Gasteiger partial charge on any atom is 0.253 e. The zero-order valence-electron chi connectivity index (χ0n) is 9.36. The number of halogens is 1. The van der Waals surface area contributed by atoms with Crippen LogP contribution in [0, 0.1) is 5.82 Å². The molecule has 4 nitrogen and oxygen atoms in total. The third-order valence-corrected chi connectivity index (χ3v) is 2.77. The first-order valence-electron chi connectivity index (χ1n) is 5.61. The highest BCUT2D eigenvalue weighted by molar-refractivity contribution is 5.94. The van der Waals surface area contributed by atoms with Gasteiger partial charge in [-0.2, -0.15) is 0 Å². The number of carbonyl (C=O) groups excluding carboxylic acids is 1. The normalized spacial score (nSPS) is 23.6. The van der Waals surface area contributed by atoms with Crippen molar-refractivity contribution in [2.24, 2.45) is 5.73 Å². The summed E-state index contributed by atoms with van der Waals surface area (Å²) in [7, 11) is 0. The molecule has 0 bridgehead atoms. The zero-order valence-corrected chi connectivity index (χ0v) is 9.36. The Labute approximate surface area is 98.9 Å². The average Bonchev–Trinajstić information content (AvgIpc) is 2.81. The second-order valence-electron chi connectivity index (χ2n) is 4.06. The van der Waals surface area contributed by atoms with Gasteiger partial charge in [0.25, 0.3) is 5.91 Å². The highest BCUT2D eigenvalue weighted by Gasteiger charge is 2.29. The summed E-state index contributed by atoms with van der Waals surface area (Å²) >= 11 is 0. The van der Waals surface area contributed by atoms with Gasteiger partial charge in [-0.3, -0.25) is 4.79 Å². The van der Waals surface area contributed by atoms with Gasteiger partial charge in [0.1, 0.15) is 11.9 Å². The van der Waals surface area contributed by atoms with Gasteiger partial charge in [-0.05, 0) is 37.1 Å². The molecule has 0 spiro atoms. The van der Waals surface area contributed by atoms with Gasteiger partial charge in [0, 0.05) is 12.2 Å². The minimum atomic E-state index is -0.450. The summed E-state index contributed by atoms with van der Waals surface area (Å²) in [6, 6.07) is 5.63. The third-order valence-electron chi connectivity index (χ3n) is 2.77. The topological polar surface area (TPSA) is 64.4 Å². The van der Waals surface area contributed by atoms with Crippen LogP contribution in [0.25, 0.3) is 0 Å². The molecule has 2 rings (SSSR count). The number of amides is 1. The number of hydrogen-bond acceptors (Lipinski definition) is 3. The molecule has 0 unspecified atom stereocenters. The second-order valence-corrected chi connectivity index (χ2v) is 4.06. The smallest absolute Gasteiger partial charge is 0.253 e. The number of nitrogens with one attached hydrogen (secondary N) is 1. The van der Waals surface area contributed by atoms with Gasteiger partial charge >= 0.3 is 0 Å². The van der Waals surface area contributed by atoms with Crippen molar-refractivity contribution in [3.05, 3.63) is 30.1 Å². The molecule has 1 heterocycles. The average molecular weight is 238 g/mol. The first kappa shape index (κ1) is 12.0. The van der Waals surface area contributed by atoms with Gasteiger partial charge in [0.2, 0.25) is 0 Å². The van der Waals surface area contributed by atoms with E-state index in [0.717, 1.165) is 6.42 Å². The van der Waals surface area contributed by atoms with Crippen LogP contribution in [0.5, 0.6) is 0 Å². The predicted octanol–water partition coefficient (Wildman–Crippen LogP) is 1.27. The molecule has 3 N–H and O–H groups in total. The number of benzene rings is 1. The fourth-order valence-corrected chi connectivity index (χ4v) is 1.83. The molecule has 2 atom stereocenters. The summed E-state index contributed by atoms with van der Waals surface area (Å²) in [5.74, 6) is -0.532. The van der Waals surface area contributed by atoms with Gasteiger partial charge in [-0.15, -0.1) is 0 Å². The van der Waals surface area contributed by atoms with Crippen molar-refractivity contribution in [2.45, 2.75) is 25.0 Å². The zero-order chi connectivity index (χ0) is 12.3. The van der Waals surface area contributed by atoms with Crippen LogP contribution in [0.1, 0.15) is 12.8 Å². The van der Waals surface area contributed by atoms with E-state index < -0.39 is 6.10 Å². The van der Waals surface area contributed by atoms with E-state index in [9.17, 15) is 9.18 Å². The highest BCUT2D eigenvalue weighted by Crippen LogP contribution is 2.20. The summed E-state index contributed by atoms with van der Waals surface area (Å²) in [6.45, 7) is 0.431. The first-order chi connectivity index (χ1) is 8.19. The quantitative estimate of drug-likeness (QED) is 0.833. The monoisotopic (exact) mass is 238 g/mol. The molecule has 1 amide bonds. The molecule has 1 aromatic carbocycles. The van der Waals surface area contributed by atoms with E-state index in [1.165, 1.54) is 24.3 Å². The summed E-state index contributed by atoms with van der Waals surface area (Å²) in [4.78, 5) is 11.8. The number of ether oxygens (including phenoxy) is 1. The van der Waals surface area contributed by atoms with Gasteiger partial charge in [0.15, 0.2) is 0 Å².